The van der Waals surface area contributed by atoms with Gasteiger partial charge in [0.05, 0.1) is 0 Å². The van der Waals surface area contributed by atoms with E-state index in [9.17, 15) is 0 Å². The van der Waals surface area contributed by atoms with Crippen LogP contribution >= 0.6 is 0 Å². The molecule has 1 N–H and O–H groups in total. The molecule has 0 radical (unpaired) electrons. The van der Waals surface area contributed by atoms with E-state index in [0.717, 1.165) is 11.3 Å². The van der Waals surface area contributed by atoms with Gasteiger partial charge in [0.2, 0.25) is 0 Å². The summed E-state index contributed by atoms with van der Waals surface area (Å²) in [5.74, 6) is 0. The number of hydrogen-bond acceptors (Lipinski definition) is 1. The lowest BCUT2D eigenvalue weighted by Crippen LogP contribution is -1.89. The number of aromatic nitrogens is 1. The lowest BCUT2D eigenvalue weighted by molar-refractivity contribution is 1.08. The van der Waals surface area contributed by atoms with Crippen molar-refractivity contribution in [2.75, 3.05) is 0 Å². The van der Waals surface area contributed by atoms with E-state index in [2.05, 4.69) is 31.2 Å². The quantitative estimate of drug-likeness (QED) is 0.695. The first-order valence-corrected chi connectivity index (χ1v) is 4.55. The van der Waals surface area contributed by atoms with Crippen molar-refractivity contribution in [3.63, 3.8) is 0 Å². The normalized spacial score (nSPS) is 10.1. The smallest absolute Gasteiger partial charge is 0.0449 e. The third-order valence-corrected chi connectivity index (χ3v) is 2.21. The van der Waals surface area contributed by atoms with Crippen molar-refractivity contribution in [2.24, 2.45) is 0 Å². The highest BCUT2D eigenvalue weighted by atomic mass is 14.9. The number of benzene rings is 1. The molecule has 2 rings (SSSR count). The molecule has 1 heterocycles. The summed E-state index contributed by atoms with van der Waals surface area (Å²) in [7, 11) is 0. The summed E-state index contributed by atoms with van der Waals surface area (Å²) in [6.07, 6.45) is 5.26. The Morgan fingerprint density at radius 2 is 1.86 bits per heavy atom. The minimum atomic E-state index is 0.922. The Morgan fingerprint density at radius 1 is 1.14 bits per heavy atom. The molecular weight excluding hydrogens is 172 g/mol. The van der Waals surface area contributed by atoms with E-state index in [0.29, 0.717) is 0 Å². The van der Waals surface area contributed by atoms with Crippen LogP contribution in [0.1, 0.15) is 11.1 Å². The van der Waals surface area contributed by atoms with Crippen LogP contribution in [0.4, 0.5) is 0 Å². The summed E-state index contributed by atoms with van der Waals surface area (Å²) in [4.78, 5) is 0. The molecule has 0 unspecified atom stereocenters. The van der Waals surface area contributed by atoms with Gasteiger partial charge in [0, 0.05) is 29.9 Å². The van der Waals surface area contributed by atoms with E-state index < -0.39 is 0 Å². The molecular formula is C12H12N2. The summed E-state index contributed by atoms with van der Waals surface area (Å²) in [6, 6.07) is 10.2. The molecule has 2 nitrogen and oxygen atoms in total. The largest absolute Gasteiger partial charge is 0.323 e. The van der Waals surface area contributed by atoms with Gasteiger partial charge in [-0.1, -0.05) is 17.7 Å². The van der Waals surface area contributed by atoms with Crippen LogP contribution in [0.2, 0.25) is 0 Å². The number of rotatable bonds is 2. The molecule has 0 amide bonds. The van der Waals surface area contributed by atoms with E-state index in [4.69, 9.17) is 5.41 Å². The van der Waals surface area contributed by atoms with E-state index in [1.807, 2.05) is 23.0 Å². The SMILES string of the molecule is Cc1ccc(-n2ccc(C=N)c2)cc1. The minimum Gasteiger partial charge on any atom is -0.323 e. The molecule has 0 saturated heterocycles. The van der Waals surface area contributed by atoms with Crippen LogP contribution in [-0.4, -0.2) is 10.8 Å². The molecule has 0 aliphatic heterocycles. The molecule has 0 atom stereocenters. The average molecular weight is 184 g/mol. The predicted octanol–water partition coefficient (Wildman–Crippen LogP) is 2.78. The monoisotopic (exact) mass is 184 g/mol. The zero-order valence-electron chi connectivity index (χ0n) is 8.07. The third-order valence-electron chi connectivity index (χ3n) is 2.21. The minimum absolute atomic E-state index is 0.922. The topological polar surface area (TPSA) is 28.8 Å². The Kier molecular flexibility index (Phi) is 2.19. The van der Waals surface area contributed by atoms with Crippen molar-refractivity contribution in [1.29, 1.82) is 5.41 Å². The summed E-state index contributed by atoms with van der Waals surface area (Å²) in [6.45, 7) is 2.07. The van der Waals surface area contributed by atoms with Gasteiger partial charge < -0.3 is 9.98 Å². The van der Waals surface area contributed by atoms with E-state index in [-0.39, 0.29) is 0 Å². The van der Waals surface area contributed by atoms with Gasteiger partial charge in [-0.25, -0.2) is 0 Å². The van der Waals surface area contributed by atoms with E-state index >= 15 is 0 Å². The van der Waals surface area contributed by atoms with Crippen molar-refractivity contribution in [3.05, 3.63) is 53.9 Å². The lowest BCUT2D eigenvalue weighted by atomic mass is 10.2. The van der Waals surface area contributed by atoms with Gasteiger partial charge in [0.15, 0.2) is 0 Å². The Bertz CT molecular complexity index is 438. The summed E-state index contributed by atoms with van der Waals surface area (Å²) < 4.78 is 2.01. The van der Waals surface area contributed by atoms with Crippen LogP contribution in [0.5, 0.6) is 0 Å². The van der Waals surface area contributed by atoms with E-state index in [1.54, 1.807) is 0 Å². The Morgan fingerprint density at radius 3 is 2.43 bits per heavy atom. The number of nitrogens with zero attached hydrogens (tertiary/aromatic N) is 1. The molecule has 1 aromatic carbocycles. The molecule has 14 heavy (non-hydrogen) atoms. The first kappa shape index (κ1) is 8.75. The standard InChI is InChI=1S/C12H12N2/c1-10-2-4-12(5-3-10)14-7-6-11(8-13)9-14/h2-9,13H,1H3. The van der Waals surface area contributed by atoms with Crippen molar-refractivity contribution < 1.29 is 0 Å². The lowest BCUT2D eigenvalue weighted by Gasteiger charge is -2.02. The van der Waals surface area contributed by atoms with Crippen molar-refractivity contribution in [2.45, 2.75) is 6.92 Å². The first-order chi connectivity index (χ1) is 6.79. The maximum Gasteiger partial charge on any atom is 0.0449 e. The second-order valence-corrected chi connectivity index (χ2v) is 3.33. The van der Waals surface area contributed by atoms with Gasteiger partial charge in [-0.05, 0) is 25.1 Å². The zero-order chi connectivity index (χ0) is 9.97. The molecule has 0 fully saturated rings. The average Bonchev–Trinajstić information content (AvgIpc) is 2.67. The van der Waals surface area contributed by atoms with Crippen molar-refractivity contribution >= 4 is 6.21 Å². The molecule has 70 valence electrons. The fourth-order valence-corrected chi connectivity index (χ4v) is 1.38. The second kappa shape index (κ2) is 3.50. The fourth-order valence-electron chi connectivity index (χ4n) is 1.38. The van der Waals surface area contributed by atoms with Gasteiger partial charge in [0.1, 0.15) is 0 Å². The molecule has 0 aliphatic rings. The van der Waals surface area contributed by atoms with Gasteiger partial charge in [-0.2, -0.15) is 0 Å². The number of hydrogen-bond donors (Lipinski definition) is 1. The highest BCUT2D eigenvalue weighted by molar-refractivity contribution is 5.76. The van der Waals surface area contributed by atoms with Crippen molar-refractivity contribution in [3.8, 4) is 5.69 Å². The predicted molar refractivity (Wildman–Crippen MR) is 58.4 cm³/mol. The molecule has 0 bridgehead atoms. The molecule has 2 heteroatoms. The Labute approximate surface area is 83.3 Å². The molecule has 0 aliphatic carbocycles. The molecule has 0 spiro atoms. The maximum absolute atomic E-state index is 7.12. The molecule has 2 aromatic rings. The second-order valence-electron chi connectivity index (χ2n) is 3.33. The molecule has 0 saturated carbocycles. The van der Waals surface area contributed by atoms with Crippen LogP contribution in [0, 0.1) is 12.3 Å². The highest BCUT2D eigenvalue weighted by Crippen LogP contribution is 2.10. The van der Waals surface area contributed by atoms with Crippen molar-refractivity contribution in [1.82, 2.24) is 4.57 Å². The Balaban J connectivity index is 2.39. The van der Waals surface area contributed by atoms with Gasteiger partial charge >= 0.3 is 0 Å². The van der Waals surface area contributed by atoms with Crippen LogP contribution in [0.25, 0.3) is 5.69 Å². The van der Waals surface area contributed by atoms with Crippen LogP contribution in [0.15, 0.2) is 42.7 Å². The number of nitrogens with one attached hydrogen (secondary N) is 1. The van der Waals surface area contributed by atoms with Crippen LogP contribution < -0.4 is 0 Å². The van der Waals surface area contributed by atoms with Crippen LogP contribution in [-0.2, 0) is 0 Å². The zero-order valence-corrected chi connectivity index (χ0v) is 8.07. The Hall–Kier alpha value is -1.83. The van der Waals surface area contributed by atoms with E-state index in [1.165, 1.54) is 11.8 Å². The highest BCUT2D eigenvalue weighted by Gasteiger charge is 1.96. The number of aryl methyl sites for hydroxylation is 1. The maximum atomic E-state index is 7.12. The van der Waals surface area contributed by atoms with Crippen LogP contribution in [0.3, 0.4) is 0 Å². The summed E-state index contributed by atoms with van der Waals surface area (Å²) >= 11 is 0. The summed E-state index contributed by atoms with van der Waals surface area (Å²) in [5.41, 5.74) is 3.31. The summed E-state index contributed by atoms with van der Waals surface area (Å²) in [5, 5.41) is 7.12. The van der Waals surface area contributed by atoms with Gasteiger partial charge in [-0.15, -0.1) is 0 Å². The van der Waals surface area contributed by atoms with Gasteiger partial charge in [0.25, 0.3) is 0 Å². The first-order valence-electron chi connectivity index (χ1n) is 4.55. The van der Waals surface area contributed by atoms with Gasteiger partial charge in [-0.3, -0.25) is 0 Å². The third kappa shape index (κ3) is 1.59. The fraction of sp³-hybridized carbons (Fsp3) is 0.0833. The molecule has 1 aromatic heterocycles.